The lowest BCUT2D eigenvalue weighted by molar-refractivity contribution is 0.1000. The van der Waals surface area contributed by atoms with Crippen molar-refractivity contribution in [3.63, 3.8) is 0 Å². The van der Waals surface area contributed by atoms with Crippen molar-refractivity contribution in [2.24, 2.45) is 5.92 Å². The Balaban J connectivity index is 2.21. The van der Waals surface area contributed by atoms with E-state index in [1.54, 1.807) is 9.80 Å². The highest BCUT2D eigenvalue weighted by molar-refractivity contribution is 5.69. The van der Waals surface area contributed by atoms with E-state index in [4.69, 9.17) is 9.47 Å². The molecule has 0 saturated carbocycles. The van der Waals surface area contributed by atoms with Crippen molar-refractivity contribution in [1.29, 1.82) is 0 Å². The maximum Gasteiger partial charge on any atom is 0.410 e. The molecular weight excluding hydrogens is 320 g/mol. The maximum absolute atomic E-state index is 12.2. The molecule has 25 heavy (non-hydrogen) atoms. The van der Waals surface area contributed by atoms with E-state index in [9.17, 15) is 9.59 Å². The van der Waals surface area contributed by atoms with Crippen LogP contribution in [0.2, 0.25) is 0 Å². The summed E-state index contributed by atoms with van der Waals surface area (Å²) in [5.74, 6) is 0.150. The Hall–Kier alpha value is -2.24. The summed E-state index contributed by atoms with van der Waals surface area (Å²) in [7, 11) is 2.81. The van der Waals surface area contributed by atoms with Gasteiger partial charge in [0.2, 0.25) is 0 Å². The van der Waals surface area contributed by atoms with E-state index in [0.29, 0.717) is 19.6 Å². The number of hydrogen-bond donors (Lipinski definition) is 0. The summed E-state index contributed by atoms with van der Waals surface area (Å²) < 4.78 is 9.89. The number of ether oxygens (including phenoxy) is 2. The number of likely N-dealkylation sites (tertiary alicyclic amines) is 1. The van der Waals surface area contributed by atoms with Crippen LogP contribution in [0.15, 0.2) is 30.3 Å². The second kappa shape index (κ2) is 9.30. The normalized spacial score (nSPS) is 19.6. The molecule has 1 aromatic rings. The molecular formula is C19H28N2O4. The van der Waals surface area contributed by atoms with Crippen molar-refractivity contribution in [3.05, 3.63) is 35.9 Å². The van der Waals surface area contributed by atoms with Crippen molar-refractivity contribution >= 4 is 12.2 Å². The van der Waals surface area contributed by atoms with Crippen molar-refractivity contribution in [3.8, 4) is 0 Å². The van der Waals surface area contributed by atoms with Crippen LogP contribution in [-0.4, -0.2) is 55.8 Å². The van der Waals surface area contributed by atoms with Gasteiger partial charge >= 0.3 is 12.2 Å². The third-order valence-corrected chi connectivity index (χ3v) is 4.74. The summed E-state index contributed by atoms with van der Waals surface area (Å²) in [5.41, 5.74) is 1.07. The standard InChI is InChI=1S/C19H28N2O4/c1-4-5-12-20(18(22)24-2)14-16-11-13-21(19(23)25-3)17(16)15-9-7-6-8-10-15/h6-10,16-17H,4-5,11-14H2,1-3H3. The molecule has 2 rings (SSSR count). The first-order valence-corrected chi connectivity index (χ1v) is 8.84. The fourth-order valence-electron chi connectivity index (χ4n) is 3.49. The fourth-order valence-corrected chi connectivity index (χ4v) is 3.49. The van der Waals surface area contributed by atoms with Crippen LogP contribution in [0.3, 0.4) is 0 Å². The predicted octanol–water partition coefficient (Wildman–Crippen LogP) is 3.68. The lowest BCUT2D eigenvalue weighted by Crippen LogP contribution is -2.39. The van der Waals surface area contributed by atoms with Crippen LogP contribution in [-0.2, 0) is 9.47 Å². The summed E-state index contributed by atoms with van der Waals surface area (Å²) in [5, 5.41) is 0. The Morgan fingerprint density at radius 2 is 1.92 bits per heavy atom. The quantitative estimate of drug-likeness (QED) is 0.787. The molecule has 0 aliphatic carbocycles. The molecule has 2 amide bonds. The third kappa shape index (κ3) is 4.65. The molecule has 0 N–H and O–H groups in total. The van der Waals surface area contributed by atoms with Crippen molar-refractivity contribution < 1.29 is 19.1 Å². The lowest BCUT2D eigenvalue weighted by Gasteiger charge is -2.31. The fraction of sp³-hybridized carbons (Fsp3) is 0.579. The minimum absolute atomic E-state index is 0.0950. The number of nitrogens with zero attached hydrogens (tertiary/aromatic N) is 2. The largest absolute Gasteiger partial charge is 0.453 e. The highest BCUT2D eigenvalue weighted by Gasteiger charge is 2.40. The minimum atomic E-state index is -0.325. The van der Waals surface area contributed by atoms with Gasteiger partial charge in [0.25, 0.3) is 0 Å². The van der Waals surface area contributed by atoms with Crippen molar-refractivity contribution in [2.75, 3.05) is 33.9 Å². The third-order valence-electron chi connectivity index (χ3n) is 4.74. The molecule has 0 radical (unpaired) electrons. The second-order valence-corrected chi connectivity index (χ2v) is 6.34. The van der Waals surface area contributed by atoms with Crippen LogP contribution in [0.5, 0.6) is 0 Å². The first-order valence-electron chi connectivity index (χ1n) is 8.84. The van der Waals surface area contributed by atoms with E-state index in [1.165, 1.54) is 14.2 Å². The predicted molar refractivity (Wildman–Crippen MR) is 95.3 cm³/mol. The summed E-state index contributed by atoms with van der Waals surface area (Å²) in [6.45, 7) is 3.95. The number of unbranched alkanes of at least 4 members (excludes halogenated alkanes) is 1. The summed E-state index contributed by atoms with van der Waals surface area (Å²) >= 11 is 0. The molecule has 1 fully saturated rings. The smallest absolute Gasteiger partial charge is 0.410 e. The summed E-state index contributed by atoms with van der Waals surface area (Å²) in [6, 6.07) is 9.84. The molecule has 2 unspecified atom stereocenters. The van der Waals surface area contributed by atoms with Crippen molar-refractivity contribution in [1.82, 2.24) is 9.80 Å². The zero-order valence-electron chi connectivity index (χ0n) is 15.3. The Morgan fingerprint density at radius 3 is 2.52 bits per heavy atom. The van der Waals surface area contributed by atoms with Gasteiger partial charge in [0.05, 0.1) is 20.3 Å². The van der Waals surface area contributed by atoms with E-state index in [1.807, 2.05) is 30.3 Å². The van der Waals surface area contributed by atoms with Gasteiger partial charge in [-0.15, -0.1) is 0 Å². The van der Waals surface area contributed by atoms with Gasteiger partial charge in [-0.25, -0.2) is 9.59 Å². The number of benzene rings is 1. The average Bonchev–Trinajstić information content (AvgIpc) is 3.08. The lowest BCUT2D eigenvalue weighted by atomic mass is 9.93. The molecule has 138 valence electrons. The molecule has 1 aromatic carbocycles. The van der Waals surface area contributed by atoms with Crippen LogP contribution < -0.4 is 0 Å². The first kappa shape index (κ1) is 19.1. The Bertz CT molecular complexity index is 564. The molecule has 0 aromatic heterocycles. The van der Waals surface area contributed by atoms with Gasteiger partial charge in [-0.2, -0.15) is 0 Å². The van der Waals surface area contributed by atoms with Gasteiger partial charge in [0, 0.05) is 25.6 Å². The molecule has 2 atom stereocenters. The number of rotatable bonds is 6. The van der Waals surface area contributed by atoms with Crippen LogP contribution in [0, 0.1) is 5.92 Å². The zero-order valence-corrected chi connectivity index (χ0v) is 15.3. The van der Waals surface area contributed by atoms with E-state index >= 15 is 0 Å². The van der Waals surface area contributed by atoms with E-state index in [2.05, 4.69) is 6.92 Å². The van der Waals surface area contributed by atoms with E-state index in [0.717, 1.165) is 24.8 Å². The molecule has 6 nitrogen and oxygen atoms in total. The Labute approximate surface area is 149 Å². The van der Waals surface area contributed by atoms with Crippen LogP contribution in [0.4, 0.5) is 9.59 Å². The minimum Gasteiger partial charge on any atom is -0.453 e. The number of carbonyl (C=O) groups excluding carboxylic acids is 2. The average molecular weight is 348 g/mol. The molecule has 1 heterocycles. The molecule has 6 heteroatoms. The Morgan fingerprint density at radius 1 is 1.20 bits per heavy atom. The Kier molecular flexibility index (Phi) is 7.10. The van der Waals surface area contributed by atoms with Gasteiger partial charge in [-0.05, 0) is 18.4 Å². The molecule has 1 aliphatic heterocycles. The SMILES string of the molecule is CCCCN(CC1CCN(C(=O)OC)C1c1ccccc1)C(=O)OC. The van der Waals surface area contributed by atoms with Crippen LogP contribution in [0.25, 0.3) is 0 Å². The van der Waals surface area contributed by atoms with E-state index in [-0.39, 0.29) is 24.1 Å². The molecule has 0 spiro atoms. The van der Waals surface area contributed by atoms with Crippen LogP contribution in [0.1, 0.15) is 37.8 Å². The molecule has 1 saturated heterocycles. The monoisotopic (exact) mass is 348 g/mol. The van der Waals surface area contributed by atoms with E-state index < -0.39 is 0 Å². The molecule has 0 bridgehead atoms. The van der Waals surface area contributed by atoms with Gasteiger partial charge in [0.1, 0.15) is 0 Å². The number of carbonyl (C=O) groups is 2. The maximum atomic E-state index is 12.2. The second-order valence-electron chi connectivity index (χ2n) is 6.34. The zero-order chi connectivity index (χ0) is 18.2. The first-order chi connectivity index (χ1) is 12.1. The molecule has 1 aliphatic rings. The number of hydrogen-bond acceptors (Lipinski definition) is 4. The van der Waals surface area contributed by atoms with Gasteiger partial charge < -0.3 is 19.3 Å². The van der Waals surface area contributed by atoms with Gasteiger partial charge in [0.15, 0.2) is 0 Å². The van der Waals surface area contributed by atoms with Gasteiger partial charge in [-0.1, -0.05) is 43.7 Å². The number of amides is 2. The highest BCUT2D eigenvalue weighted by atomic mass is 16.5. The topological polar surface area (TPSA) is 59.1 Å². The highest BCUT2D eigenvalue weighted by Crippen LogP contribution is 2.38. The van der Waals surface area contributed by atoms with Gasteiger partial charge in [-0.3, -0.25) is 0 Å². The summed E-state index contributed by atoms with van der Waals surface area (Å²) in [4.78, 5) is 27.8. The summed E-state index contributed by atoms with van der Waals surface area (Å²) in [6.07, 6.45) is 2.13. The van der Waals surface area contributed by atoms with Crippen molar-refractivity contribution in [2.45, 2.75) is 32.2 Å². The number of methoxy groups -OCH3 is 2. The van der Waals surface area contributed by atoms with Crippen LogP contribution >= 0.6 is 0 Å².